The number of benzene rings is 2. The van der Waals surface area contributed by atoms with Crippen LogP contribution in [0.2, 0.25) is 0 Å². The second kappa shape index (κ2) is 10.2. The van der Waals surface area contributed by atoms with E-state index < -0.39 is 15.4 Å². The largest absolute Gasteiger partial charge is 0.456 e. The number of likely N-dealkylation sites (tertiary alicyclic amines) is 1. The maximum atomic E-state index is 12.8. The Morgan fingerprint density at radius 3 is 2.30 bits per heavy atom. The van der Waals surface area contributed by atoms with Crippen LogP contribution in [0.3, 0.4) is 0 Å². The number of sulfone groups is 1. The van der Waals surface area contributed by atoms with E-state index in [0.29, 0.717) is 48.9 Å². The van der Waals surface area contributed by atoms with Gasteiger partial charge in [0, 0.05) is 55.7 Å². The number of anilines is 1. The van der Waals surface area contributed by atoms with Crippen molar-refractivity contribution >= 4 is 21.4 Å². The second-order valence-corrected chi connectivity index (χ2v) is 13.3. The summed E-state index contributed by atoms with van der Waals surface area (Å²) in [5, 5.41) is 19.1. The Kier molecular flexibility index (Phi) is 7.06. The summed E-state index contributed by atoms with van der Waals surface area (Å²) in [6.07, 6.45) is 6.12. The van der Waals surface area contributed by atoms with Crippen LogP contribution in [0.15, 0.2) is 65.8 Å². The lowest BCUT2D eigenvalue weighted by Crippen LogP contribution is -2.64. The zero-order valence-corrected chi connectivity index (χ0v) is 23.6. The lowest BCUT2D eigenvalue weighted by Gasteiger charge is -2.55. The Balaban J connectivity index is 1.30. The predicted octanol–water partition coefficient (Wildman–Crippen LogP) is 4.02. The van der Waals surface area contributed by atoms with Gasteiger partial charge in [-0.1, -0.05) is 12.1 Å². The van der Waals surface area contributed by atoms with Gasteiger partial charge in [-0.15, -0.1) is 0 Å². The summed E-state index contributed by atoms with van der Waals surface area (Å²) >= 11 is 0. The van der Waals surface area contributed by atoms with E-state index in [2.05, 4.69) is 16.0 Å². The highest BCUT2D eigenvalue weighted by molar-refractivity contribution is 7.90. The number of rotatable bonds is 6. The van der Waals surface area contributed by atoms with Crippen LogP contribution >= 0.6 is 0 Å². The second-order valence-electron chi connectivity index (χ2n) is 11.3. The van der Waals surface area contributed by atoms with Crippen molar-refractivity contribution in [3.8, 4) is 28.7 Å². The van der Waals surface area contributed by atoms with E-state index in [4.69, 9.17) is 10.00 Å². The van der Waals surface area contributed by atoms with E-state index >= 15 is 0 Å². The quantitative estimate of drug-likeness (QED) is 0.480. The molecular weight excluding hydrogens is 528 g/mol. The first-order chi connectivity index (χ1) is 18.9. The van der Waals surface area contributed by atoms with Gasteiger partial charge in [-0.3, -0.25) is 9.78 Å². The van der Waals surface area contributed by atoms with Crippen LogP contribution in [0.25, 0.3) is 11.1 Å². The Labute approximate surface area is 234 Å². The minimum atomic E-state index is -3.56. The van der Waals surface area contributed by atoms with Crippen molar-refractivity contribution in [1.82, 2.24) is 9.88 Å². The smallest absolute Gasteiger partial charge is 0.253 e. The van der Waals surface area contributed by atoms with Gasteiger partial charge in [0.2, 0.25) is 0 Å². The number of amides is 1. The molecule has 2 aromatic carbocycles. The Bertz CT molecular complexity index is 1570. The molecule has 2 aliphatic rings. The summed E-state index contributed by atoms with van der Waals surface area (Å²) in [7, 11) is -3.56. The fraction of sp³-hybridized carbons (Fsp3) is 0.367. The molecule has 1 aromatic heterocycles. The third kappa shape index (κ3) is 5.67. The zero-order chi connectivity index (χ0) is 28.7. The van der Waals surface area contributed by atoms with Crippen LogP contribution in [0, 0.1) is 16.7 Å². The van der Waals surface area contributed by atoms with Crippen molar-refractivity contribution in [2.45, 2.75) is 37.2 Å². The number of nitriles is 1. The van der Waals surface area contributed by atoms with Crippen LogP contribution in [0.1, 0.15) is 32.3 Å². The number of hydrogen-bond acceptors (Lipinski definition) is 8. The zero-order valence-electron chi connectivity index (χ0n) is 22.8. The van der Waals surface area contributed by atoms with Gasteiger partial charge in [-0.25, -0.2) is 8.42 Å². The molecule has 2 fully saturated rings. The Morgan fingerprint density at radius 1 is 1.02 bits per heavy atom. The molecule has 2 saturated heterocycles. The third-order valence-corrected chi connectivity index (χ3v) is 8.78. The predicted molar refractivity (Wildman–Crippen MR) is 151 cm³/mol. The standard InChI is InChI=1S/C30H32N4O5S/c1-29(2,36)28(35)34-19-30(20-34)10-12-33(13-11-30)26-9-8-24(15-27(26)40(3,37)38)39-25-14-23(17-32-18-25)22-6-4-21(16-31)5-7-22/h4-9,14-15,17-18,36H,10-13,19-20H2,1-3H3. The molecule has 9 nitrogen and oxygen atoms in total. The van der Waals surface area contributed by atoms with Gasteiger partial charge >= 0.3 is 0 Å². The molecule has 1 N–H and O–H groups in total. The highest BCUT2D eigenvalue weighted by Crippen LogP contribution is 2.43. The van der Waals surface area contributed by atoms with E-state index in [1.54, 1.807) is 47.6 Å². The molecule has 0 bridgehead atoms. The van der Waals surface area contributed by atoms with Gasteiger partial charge in [-0.05, 0) is 62.6 Å². The van der Waals surface area contributed by atoms with Gasteiger partial charge in [0.05, 0.1) is 28.4 Å². The van der Waals surface area contributed by atoms with E-state index in [-0.39, 0.29) is 16.2 Å². The maximum Gasteiger partial charge on any atom is 0.253 e. The first kappa shape index (κ1) is 27.6. The summed E-state index contributed by atoms with van der Waals surface area (Å²) in [6.45, 7) is 5.58. The van der Waals surface area contributed by atoms with Crippen LogP contribution < -0.4 is 9.64 Å². The van der Waals surface area contributed by atoms with Gasteiger partial charge in [-0.2, -0.15) is 5.26 Å². The van der Waals surface area contributed by atoms with Crippen molar-refractivity contribution in [2.24, 2.45) is 5.41 Å². The van der Waals surface area contributed by atoms with Crippen molar-refractivity contribution in [3.05, 3.63) is 66.5 Å². The molecule has 3 heterocycles. The fourth-order valence-corrected chi connectivity index (χ4v) is 6.36. The SMILES string of the molecule is CC(C)(O)C(=O)N1CC2(CCN(c3ccc(Oc4cncc(-c5ccc(C#N)cc5)c4)cc3S(C)(=O)=O)CC2)C1. The first-order valence-corrected chi connectivity index (χ1v) is 15.0. The lowest BCUT2D eigenvalue weighted by atomic mass is 9.71. The van der Waals surface area contributed by atoms with Crippen molar-refractivity contribution in [3.63, 3.8) is 0 Å². The number of aromatic nitrogens is 1. The number of carbonyl (C=O) groups is 1. The highest BCUT2D eigenvalue weighted by atomic mass is 32.2. The average Bonchev–Trinajstić information content (AvgIpc) is 2.91. The van der Waals surface area contributed by atoms with Crippen LogP contribution in [-0.2, 0) is 14.6 Å². The maximum absolute atomic E-state index is 12.8. The highest BCUT2D eigenvalue weighted by Gasteiger charge is 2.49. The van der Waals surface area contributed by atoms with Crippen LogP contribution in [0.4, 0.5) is 5.69 Å². The molecule has 3 aromatic rings. The summed E-state index contributed by atoms with van der Waals surface area (Å²) in [5.74, 6) is 0.591. The summed E-state index contributed by atoms with van der Waals surface area (Å²) < 4.78 is 31.7. The number of nitrogens with zero attached hydrogens (tertiary/aromatic N) is 4. The van der Waals surface area contributed by atoms with Gasteiger partial charge in [0.15, 0.2) is 9.84 Å². The summed E-state index contributed by atoms with van der Waals surface area (Å²) in [6, 6.07) is 16.2. The van der Waals surface area contributed by atoms with Gasteiger partial charge in [0.25, 0.3) is 5.91 Å². The summed E-state index contributed by atoms with van der Waals surface area (Å²) in [4.78, 5) is 20.6. The normalized spacial score (nSPS) is 16.8. The molecule has 0 radical (unpaired) electrons. The van der Waals surface area contributed by atoms with Crippen molar-refractivity contribution in [1.29, 1.82) is 5.26 Å². The van der Waals surface area contributed by atoms with Crippen LogP contribution in [0.5, 0.6) is 11.5 Å². The molecule has 0 atom stereocenters. The molecule has 5 rings (SSSR count). The number of carbonyl (C=O) groups excluding carboxylic acids is 1. The van der Waals surface area contributed by atoms with E-state index in [9.17, 15) is 18.3 Å². The van der Waals surface area contributed by atoms with Crippen molar-refractivity contribution < 1.29 is 23.1 Å². The number of piperidine rings is 1. The fourth-order valence-electron chi connectivity index (χ4n) is 5.45. The molecule has 10 heteroatoms. The lowest BCUT2D eigenvalue weighted by molar-refractivity contribution is -0.161. The molecule has 40 heavy (non-hydrogen) atoms. The molecule has 2 aliphatic heterocycles. The minimum absolute atomic E-state index is 0.0126. The molecule has 208 valence electrons. The number of hydrogen-bond donors (Lipinski definition) is 1. The van der Waals surface area contributed by atoms with E-state index in [0.717, 1.165) is 24.0 Å². The number of aliphatic hydroxyl groups is 1. The first-order valence-electron chi connectivity index (χ1n) is 13.1. The van der Waals surface area contributed by atoms with E-state index in [1.165, 1.54) is 20.1 Å². The molecule has 0 unspecified atom stereocenters. The van der Waals surface area contributed by atoms with Gasteiger partial charge < -0.3 is 19.6 Å². The molecular formula is C30H32N4O5S. The third-order valence-electron chi connectivity index (χ3n) is 7.65. The minimum Gasteiger partial charge on any atom is -0.456 e. The van der Waals surface area contributed by atoms with Crippen molar-refractivity contribution in [2.75, 3.05) is 37.3 Å². The van der Waals surface area contributed by atoms with Crippen LogP contribution in [-0.4, -0.2) is 67.4 Å². The number of ether oxygens (including phenoxy) is 1. The molecule has 0 aliphatic carbocycles. The summed E-state index contributed by atoms with van der Waals surface area (Å²) in [5.41, 5.74) is 1.53. The molecule has 0 saturated carbocycles. The number of pyridine rings is 1. The molecule has 1 amide bonds. The monoisotopic (exact) mass is 560 g/mol. The van der Waals surface area contributed by atoms with Gasteiger partial charge in [0.1, 0.15) is 17.1 Å². The molecule has 1 spiro atoms. The van der Waals surface area contributed by atoms with E-state index in [1.807, 2.05) is 18.2 Å². The topological polar surface area (TPSA) is 124 Å². The average molecular weight is 561 g/mol. The Hall–Kier alpha value is -3.94. The Morgan fingerprint density at radius 2 is 1.70 bits per heavy atom.